The van der Waals surface area contributed by atoms with Crippen molar-refractivity contribution in [3.8, 4) is 0 Å². The van der Waals surface area contributed by atoms with Crippen molar-refractivity contribution in [1.82, 2.24) is 4.90 Å². The number of unbranched alkanes of at least 4 members (excludes halogenated alkanes) is 11. The van der Waals surface area contributed by atoms with Crippen molar-refractivity contribution in [3.05, 3.63) is 35.4 Å². The van der Waals surface area contributed by atoms with Crippen LogP contribution in [0.2, 0.25) is 0 Å². The molecule has 2 amide bonds. The molecule has 1 aromatic rings. The summed E-state index contributed by atoms with van der Waals surface area (Å²) in [5.74, 6) is -1.14. The molecule has 0 unspecified atom stereocenters. The fourth-order valence-electron chi connectivity index (χ4n) is 4.98. The summed E-state index contributed by atoms with van der Waals surface area (Å²) in [5.41, 5.74) is 0.463. The highest BCUT2D eigenvalue weighted by atomic mass is 32.3. The Morgan fingerprint density at radius 3 is 1.80 bits per heavy atom. The number of carbonyl (C=O) groups excluding carboxylic acids is 2. The third kappa shape index (κ3) is 7.35. The van der Waals surface area contributed by atoms with Gasteiger partial charge in [0.05, 0.1) is 23.8 Å². The molecule has 0 aliphatic carbocycles. The van der Waals surface area contributed by atoms with Gasteiger partial charge >= 0.3 is 10.4 Å². The normalized spacial score (nSPS) is 22.1. The molecule has 1 N–H and O–H groups in total. The number of aliphatic hydroxyl groups excluding tert-OH is 1. The number of imide groups is 1. The van der Waals surface area contributed by atoms with Crippen LogP contribution in [0, 0.1) is 0 Å². The summed E-state index contributed by atoms with van der Waals surface area (Å²) in [6, 6.07) is 5.23. The fraction of sp³-hybridized carbons (Fsp3) is 0.692. The van der Waals surface area contributed by atoms with Crippen LogP contribution in [-0.4, -0.2) is 55.1 Å². The van der Waals surface area contributed by atoms with Crippen molar-refractivity contribution in [2.45, 2.75) is 109 Å². The van der Waals surface area contributed by atoms with E-state index < -0.39 is 47.1 Å². The zero-order valence-electron chi connectivity index (χ0n) is 20.7. The minimum absolute atomic E-state index is 0.232. The highest BCUT2D eigenvalue weighted by Gasteiger charge is 2.50. The lowest BCUT2D eigenvalue weighted by molar-refractivity contribution is 0.0159. The molecule has 2 aliphatic heterocycles. The molecule has 1 fully saturated rings. The molecule has 1 saturated heterocycles. The Morgan fingerprint density at radius 2 is 1.31 bits per heavy atom. The van der Waals surface area contributed by atoms with Gasteiger partial charge < -0.3 is 5.11 Å². The van der Waals surface area contributed by atoms with E-state index >= 15 is 0 Å². The summed E-state index contributed by atoms with van der Waals surface area (Å²) < 4.78 is 34.4. The minimum Gasteiger partial charge on any atom is -0.394 e. The van der Waals surface area contributed by atoms with Crippen LogP contribution < -0.4 is 0 Å². The molecule has 35 heavy (non-hydrogen) atoms. The van der Waals surface area contributed by atoms with E-state index in [1.54, 1.807) is 12.1 Å². The lowest BCUT2D eigenvalue weighted by Crippen LogP contribution is -2.52. The smallest absolute Gasteiger partial charge is 0.394 e. The minimum atomic E-state index is -4.26. The van der Waals surface area contributed by atoms with Gasteiger partial charge in [-0.1, -0.05) is 96.1 Å². The van der Waals surface area contributed by atoms with E-state index in [4.69, 9.17) is 8.37 Å². The molecule has 0 saturated carbocycles. The molecule has 8 nitrogen and oxygen atoms in total. The molecule has 0 radical (unpaired) electrons. The first-order chi connectivity index (χ1) is 16.9. The zero-order chi connectivity index (χ0) is 25.3. The summed E-state index contributed by atoms with van der Waals surface area (Å²) in [6.45, 7) is 1.61. The largest absolute Gasteiger partial charge is 0.400 e. The van der Waals surface area contributed by atoms with Gasteiger partial charge in [-0.3, -0.25) is 14.5 Å². The van der Waals surface area contributed by atoms with Gasteiger partial charge in [-0.2, -0.15) is 8.42 Å². The maximum atomic E-state index is 12.9. The van der Waals surface area contributed by atoms with Crippen molar-refractivity contribution >= 4 is 22.2 Å². The Morgan fingerprint density at radius 1 is 0.829 bits per heavy atom. The molecule has 2 aliphatic rings. The van der Waals surface area contributed by atoms with E-state index in [0.29, 0.717) is 6.42 Å². The van der Waals surface area contributed by atoms with Gasteiger partial charge in [-0.05, 0) is 18.6 Å². The Labute approximate surface area is 209 Å². The highest BCUT2D eigenvalue weighted by Crippen LogP contribution is 2.33. The van der Waals surface area contributed by atoms with E-state index in [1.807, 2.05) is 0 Å². The number of fused-ring (bicyclic) bond motifs is 1. The van der Waals surface area contributed by atoms with Crippen LogP contribution in [0.15, 0.2) is 24.3 Å². The molecule has 1 aromatic carbocycles. The number of amides is 2. The maximum Gasteiger partial charge on any atom is 0.400 e. The van der Waals surface area contributed by atoms with Crippen molar-refractivity contribution in [2.75, 3.05) is 6.61 Å². The summed E-state index contributed by atoms with van der Waals surface area (Å²) in [5, 5.41) is 10.0. The lowest BCUT2D eigenvalue weighted by Gasteiger charge is -2.30. The molecule has 0 aromatic heterocycles. The number of hydrogen-bond donors (Lipinski definition) is 1. The zero-order valence-corrected chi connectivity index (χ0v) is 21.5. The number of carbonyl (C=O) groups is 2. The molecular formula is C26H39NO7S. The number of nitrogens with zero attached hydrogens (tertiary/aromatic N) is 1. The summed E-state index contributed by atoms with van der Waals surface area (Å²) in [6.07, 6.45) is 12.6. The monoisotopic (exact) mass is 509 g/mol. The third-order valence-electron chi connectivity index (χ3n) is 6.90. The Bertz CT molecular complexity index is 914. The van der Waals surface area contributed by atoms with Crippen LogP contribution in [0.25, 0.3) is 0 Å². The van der Waals surface area contributed by atoms with Crippen LogP contribution in [0.3, 0.4) is 0 Å². The number of benzene rings is 1. The number of hydrogen-bond acceptors (Lipinski definition) is 7. The van der Waals surface area contributed by atoms with Crippen molar-refractivity contribution in [2.24, 2.45) is 0 Å². The molecule has 3 rings (SSSR count). The van der Waals surface area contributed by atoms with E-state index in [1.165, 1.54) is 63.5 Å². The van der Waals surface area contributed by atoms with Gasteiger partial charge in [0.1, 0.15) is 12.2 Å². The van der Waals surface area contributed by atoms with Crippen LogP contribution in [-0.2, 0) is 18.8 Å². The summed E-state index contributed by atoms with van der Waals surface area (Å²) in [4.78, 5) is 26.6. The van der Waals surface area contributed by atoms with E-state index in [-0.39, 0.29) is 11.1 Å². The molecular weight excluding hydrogens is 470 g/mol. The van der Waals surface area contributed by atoms with Gasteiger partial charge in [0.25, 0.3) is 11.8 Å². The van der Waals surface area contributed by atoms with E-state index in [2.05, 4.69) is 6.92 Å². The second-order valence-corrected chi connectivity index (χ2v) is 10.8. The maximum absolute atomic E-state index is 12.9. The molecule has 0 spiro atoms. The predicted octanol–water partition coefficient (Wildman–Crippen LogP) is 4.76. The Kier molecular flexibility index (Phi) is 10.7. The number of aliphatic hydroxyl groups is 1. The van der Waals surface area contributed by atoms with Gasteiger partial charge in [0, 0.05) is 0 Å². The molecule has 2 heterocycles. The Balaban J connectivity index is 1.46. The second kappa shape index (κ2) is 13.5. The Hall–Kier alpha value is -1.81. The molecule has 9 heteroatoms. The van der Waals surface area contributed by atoms with Gasteiger partial charge in [-0.15, -0.1) is 0 Å². The summed E-state index contributed by atoms with van der Waals surface area (Å²) in [7, 11) is -4.26. The molecule has 196 valence electrons. The second-order valence-electron chi connectivity index (χ2n) is 9.56. The van der Waals surface area contributed by atoms with Crippen LogP contribution in [0.4, 0.5) is 0 Å². The lowest BCUT2D eigenvalue weighted by atomic mass is 9.98. The third-order valence-corrected chi connectivity index (χ3v) is 7.84. The quantitative estimate of drug-likeness (QED) is 0.253. The van der Waals surface area contributed by atoms with Crippen molar-refractivity contribution < 1.29 is 31.5 Å². The average Bonchev–Trinajstić information content (AvgIpc) is 3.28. The van der Waals surface area contributed by atoms with Gasteiger partial charge in [0.15, 0.2) is 0 Å². The first-order valence-electron chi connectivity index (χ1n) is 13.1. The fourth-order valence-corrected chi connectivity index (χ4v) is 6.06. The standard InChI is InChI=1S/C26H39NO7S/c1-2-3-4-5-6-7-8-9-10-11-12-13-18-23-24(34-35(31,32)33-23)22(19-28)27-25(29)20-16-14-15-17-21(20)26(27)30/h14-17,22-24,28H,2-13,18-19H2,1H3/t22-,23-,24-/m0/s1. The van der Waals surface area contributed by atoms with E-state index in [0.717, 1.165) is 30.6 Å². The van der Waals surface area contributed by atoms with Crippen LogP contribution >= 0.6 is 0 Å². The first kappa shape index (κ1) is 27.8. The predicted molar refractivity (Wildman–Crippen MR) is 132 cm³/mol. The highest BCUT2D eigenvalue weighted by molar-refractivity contribution is 7.82. The van der Waals surface area contributed by atoms with Crippen molar-refractivity contribution in [1.29, 1.82) is 0 Å². The van der Waals surface area contributed by atoms with Gasteiger partial charge in [0.2, 0.25) is 0 Å². The number of rotatable bonds is 16. The SMILES string of the molecule is CCCCCCCCCCCCCC[C@@H]1OS(=O)(=O)O[C@H]1[C@H](CO)N1C(=O)c2ccccc2C1=O. The van der Waals surface area contributed by atoms with Gasteiger partial charge in [-0.25, -0.2) is 8.37 Å². The van der Waals surface area contributed by atoms with Crippen molar-refractivity contribution in [3.63, 3.8) is 0 Å². The van der Waals surface area contributed by atoms with E-state index in [9.17, 15) is 23.1 Å². The molecule has 3 atom stereocenters. The van der Waals surface area contributed by atoms with Crippen LogP contribution in [0.1, 0.15) is 111 Å². The summed E-state index contributed by atoms with van der Waals surface area (Å²) >= 11 is 0. The average molecular weight is 510 g/mol. The first-order valence-corrected chi connectivity index (χ1v) is 14.4. The van der Waals surface area contributed by atoms with Crippen LogP contribution in [0.5, 0.6) is 0 Å². The molecule has 0 bridgehead atoms. The topological polar surface area (TPSA) is 110 Å².